The summed E-state index contributed by atoms with van der Waals surface area (Å²) in [5, 5.41) is 0. The maximum atomic E-state index is 14.1. The first kappa shape index (κ1) is 19.8. The van der Waals surface area contributed by atoms with Crippen LogP contribution in [0.1, 0.15) is 24.0 Å². The van der Waals surface area contributed by atoms with Gasteiger partial charge >= 0.3 is 0 Å². The van der Waals surface area contributed by atoms with Gasteiger partial charge in [0.05, 0.1) is 0 Å². The van der Waals surface area contributed by atoms with E-state index < -0.39 is 44.0 Å². The molecule has 0 atom stereocenters. The van der Waals surface area contributed by atoms with Gasteiger partial charge in [0.2, 0.25) is 15.8 Å². The fraction of sp³-hybridized carbons (Fsp3) is 0.333. The van der Waals surface area contributed by atoms with Crippen LogP contribution < -0.4 is 0 Å². The predicted octanol–water partition coefficient (Wildman–Crippen LogP) is 4.29. The van der Waals surface area contributed by atoms with Crippen LogP contribution >= 0.6 is 0 Å². The molecule has 146 valence electrons. The molecule has 9 heteroatoms. The second-order valence-corrected chi connectivity index (χ2v) is 8.50. The molecule has 0 N–H and O–H groups in total. The second kappa shape index (κ2) is 7.20. The molecule has 27 heavy (non-hydrogen) atoms. The summed E-state index contributed by atoms with van der Waals surface area (Å²) in [4.78, 5) is -1.81. The zero-order valence-electron chi connectivity index (χ0n) is 14.3. The molecule has 1 aliphatic carbocycles. The second-order valence-electron chi connectivity index (χ2n) is 6.63. The van der Waals surface area contributed by atoms with E-state index in [0.29, 0.717) is 5.56 Å². The van der Waals surface area contributed by atoms with Crippen LogP contribution in [0.5, 0.6) is 0 Å². The first-order chi connectivity index (χ1) is 12.6. The Balaban J connectivity index is 2.07. The molecule has 0 heterocycles. The van der Waals surface area contributed by atoms with Gasteiger partial charge in [-0.05, 0) is 31.2 Å². The third kappa shape index (κ3) is 3.84. The number of nitrogens with zero attached hydrogens (tertiary/aromatic N) is 1. The molecule has 3 nitrogen and oxygen atoms in total. The summed E-state index contributed by atoms with van der Waals surface area (Å²) in [6.45, 7) is 1.53. The third-order valence-electron chi connectivity index (χ3n) is 4.41. The lowest BCUT2D eigenvalue weighted by Crippen LogP contribution is -2.34. The third-order valence-corrected chi connectivity index (χ3v) is 6.24. The quantitative estimate of drug-likeness (QED) is 0.409. The van der Waals surface area contributed by atoms with Gasteiger partial charge in [-0.2, -0.15) is 4.31 Å². The Kier molecular flexibility index (Phi) is 5.27. The summed E-state index contributed by atoms with van der Waals surface area (Å²) >= 11 is 0. The van der Waals surface area contributed by atoms with Crippen LogP contribution in [-0.2, 0) is 16.6 Å². The van der Waals surface area contributed by atoms with Crippen molar-refractivity contribution in [2.24, 2.45) is 5.92 Å². The minimum absolute atomic E-state index is 0.00788. The zero-order valence-corrected chi connectivity index (χ0v) is 15.1. The minimum Gasteiger partial charge on any atom is -0.207 e. The van der Waals surface area contributed by atoms with Gasteiger partial charge < -0.3 is 0 Å². The van der Waals surface area contributed by atoms with E-state index in [2.05, 4.69) is 0 Å². The van der Waals surface area contributed by atoms with Crippen molar-refractivity contribution < 1.29 is 30.4 Å². The van der Waals surface area contributed by atoms with Crippen LogP contribution in [0.15, 0.2) is 29.2 Å². The molecule has 0 saturated heterocycles. The van der Waals surface area contributed by atoms with Gasteiger partial charge in [0, 0.05) is 13.1 Å². The van der Waals surface area contributed by atoms with E-state index in [-0.39, 0.29) is 19.0 Å². The minimum atomic E-state index is -4.95. The Bertz CT molecular complexity index is 943. The number of aryl methyl sites for hydroxylation is 1. The monoisotopic (exact) mass is 405 g/mol. The molecule has 1 fully saturated rings. The molecule has 0 spiro atoms. The maximum absolute atomic E-state index is 14.1. The van der Waals surface area contributed by atoms with Crippen LogP contribution in [0.2, 0.25) is 0 Å². The molecule has 0 radical (unpaired) electrons. The summed E-state index contributed by atoms with van der Waals surface area (Å²) in [5.74, 6) is -11.7. The Morgan fingerprint density at radius 3 is 1.85 bits per heavy atom. The van der Waals surface area contributed by atoms with E-state index in [1.807, 2.05) is 6.92 Å². The Morgan fingerprint density at radius 1 is 0.889 bits per heavy atom. The summed E-state index contributed by atoms with van der Waals surface area (Å²) in [6.07, 6.45) is 1.47. The van der Waals surface area contributed by atoms with E-state index >= 15 is 0 Å². The molecule has 2 aromatic rings. The molecule has 1 aliphatic rings. The standard InChI is InChI=1S/C18H16F5NO2S/c1-10-2-4-11(5-3-10)8-24(9-12-6-7-12)27(25,26)18-16(22)14(20)13(19)15(21)17(18)23/h2-5,12H,6-9H2,1H3. The highest BCUT2D eigenvalue weighted by molar-refractivity contribution is 7.89. The topological polar surface area (TPSA) is 37.4 Å². The van der Waals surface area contributed by atoms with Crippen LogP contribution in [0.25, 0.3) is 0 Å². The van der Waals surface area contributed by atoms with E-state index in [1.54, 1.807) is 24.3 Å². The fourth-order valence-electron chi connectivity index (χ4n) is 2.67. The van der Waals surface area contributed by atoms with Gasteiger partial charge in [-0.15, -0.1) is 0 Å². The first-order valence-corrected chi connectivity index (χ1v) is 9.64. The molecular weight excluding hydrogens is 389 g/mol. The average molecular weight is 405 g/mol. The highest BCUT2D eigenvalue weighted by Crippen LogP contribution is 2.34. The molecule has 0 amide bonds. The van der Waals surface area contributed by atoms with E-state index in [0.717, 1.165) is 22.7 Å². The van der Waals surface area contributed by atoms with Crippen molar-refractivity contribution in [3.05, 3.63) is 64.5 Å². The van der Waals surface area contributed by atoms with Crippen molar-refractivity contribution >= 4 is 10.0 Å². The van der Waals surface area contributed by atoms with Gasteiger partial charge in [0.25, 0.3) is 0 Å². The molecule has 1 saturated carbocycles. The van der Waals surface area contributed by atoms with Gasteiger partial charge in [0.15, 0.2) is 28.2 Å². The Morgan fingerprint density at radius 2 is 1.37 bits per heavy atom. The molecule has 0 aromatic heterocycles. The lowest BCUT2D eigenvalue weighted by molar-refractivity contribution is 0.345. The number of hydrogen-bond acceptors (Lipinski definition) is 2. The van der Waals surface area contributed by atoms with Crippen molar-refractivity contribution in [2.75, 3.05) is 6.54 Å². The molecule has 0 bridgehead atoms. The number of sulfonamides is 1. The zero-order chi connectivity index (χ0) is 19.9. The van der Waals surface area contributed by atoms with Crippen molar-refractivity contribution in [1.29, 1.82) is 0 Å². The smallest absolute Gasteiger partial charge is 0.207 e. The van der Waals surface area contributed by atoms with Crippen LogP contribution in [0.4, 0.5) is 22.0 Å². The molecular formula is C18H16F5NO2S. The van der Waals surface area contributed by atoms with Gasteiger partial charge in [-0.25, -0.2) is 30.4 Å². The van der Waals surface area contributed by atoms with Crippen molar-refractivity contribution in [3.8, 4) is 0 Å². The summed E-state index contributed by atoms with van der Waals surface area (Å²) in [7, 11) is -4.95. The number of rotatable bonds is 6. The Labute approximate surface area is 153 Å². The summed E-state index contributed by atoms with van der Waals surface area (Å²) in [5.41, 5.74) is 1.46. The SMILES string of the molecule is Cc1ccc(CN(CC2CC2)S(=O)(=O)c2c(F)c(F)c(F)c(F)c2F)cc1. The van der Waals surface area contributed by atoms with E-state index in [4.69, 9.17) is 0 Å². The lowest BCUT2D eigenvalue weighted by Gasteiger charge is -2.23. The highest BCUT2D eigenvalue weighted by Gasteiger charge is 2.39. The maximum Gasteiger partial charge on any atom is 0.249 e. The summed E-state index contributed by atoms with van der Waals surface area (Å²) < 4.78 is 94.8. The van der Waals surface area contributed by atoms with E-state index in [1.165, 1.54) is 0 Å². The molecule has 0 unspecified atom stereocenters. The largest absolute Gasteiger partial charge is 0.249 e. The lowest BCUT2D eigenvalue weighted by atomic mass is 10.1. The number of hydrogen-bond donors (Lipinski definition) is 0. The van der Waals surface area contributed by atoms with Crippen molar-refractivity contribution in [3.63, 3.8) is 0 Å². The summed E-state index contributed by atoms with van der Waals surface area (Å²) in [6, 6.07) is 6.75. The molecule has 0 aliphatic heterocycles. The number of benzene rings is 2. The van der Waals surface area contributed by atoms with Crippen LogP contribution in [0, 0.1) is 41.9 Å². The normalized spacial score (nSPS) is 14.8. The van der Waals surface area contributed by atoms with Gasteiger partial charge in [0.1, 0.15) is 0 Å². The first-order valence-electron chi connectivity index (χ1n) is 8.20. The van der Waals surface area contributed by atoms with Crippen molar-refractivity contribution in [2.45, 2.75) is 31.2 Å². The van der Waals surface area contributed by atoms with Crippen LogP contribution in [0.3, 0.4) is 0 Å². The van der Waals surface area contributed by atoms with Crippen molar-refractivity contribution in [1.82, 2.24) is 4.31 Å². The Hall–Kier alpha value is -2.00. The van der Waals surface area contributed by atoms with Crippen LogP contribution in [-0.4, -0.2) is 19.3 Å². The molecule has 2 aromatic carbocycles. The van der Waals surface area contributed by atoms with Gasteiger partial charge in [-0.1, -0.05) is 29.8 Å². The number of halogens is 5. The fourth-order valence-corrected chi connectivity index (χ4v) is 4.29. The molecule has 3 rings (SSSR count). The van der Waals surface area contributed by atoms with Gasteiger partial charge in [-0.3, -0.25) is 0 Å². The average Bonchev–Trinajstić information content (AvgIpc) is 3.43. The highest BCUT2D eigenvalue weighted by atomic mass is 32.2. The predicted molar refractivity (Wildman–Crippen MR) is 87.7 cm³/mol. The van der Waals surface area contributed by atoms with E-state index in [9.17, 15) is 30.4 Å².